The van der Waals surface area contributed by atoms with Gasteiger partial charge < -0.3 is 5.73 Å². The molecule has 0 saturated heterocycles. The van der Waals surface area contributed by atoms with E-state index in [-0.39, 0.29) is 22.1 Å². The molecule has 0 bridgehead atoms. The summed E-state index contributed by atoms with van der Waals surface area (Å²) in [5, 5.41) is 7.07. The Hall–Kier alpha value is -3.75. The van der Waals surface area contributed by atoms with E-state index in [0.29, 0.717) is 22.0 Å². The van der Waals surface area contributed by atoms with Crippen molar-refractivity contribution in [2.24, 2.45) is 5.73 Å². The van der Waals surface area contributed by atoms with Gasteiger partial charge >= 0.3 is 0 Å². The molecule has 2 amide bonds. The Kier molecular flexibility index (Phi) is 5.66. The van der Waals surface area contributed by atoms with Gasteiger partial charge in [-0.1, -0.05) is 29.3 Å². The van der Waals surface area contributed by atoms with Gasteiger partial charge in [-0.05, 0) is 48.5 Å². The molecule has 0 radical (unpaired) electrons. The molecule has 31 heavy (non-hydrogen) atoms. The lowest BCUT2D eigenvalue weighted by molar-refractivity contribution is 0.0987. The van der Waals surface area contributed by atoms with Gasteiger partial charge in [0.05, 0.1) is 27.0 Å². The molecule has 8 nitrogen and oxygen atoms in total. The number of H-pyrrole nitrogens is 1. The minimum atomic E-state index is -0.648. The molecule has 4 rings (SSSR count). The number of hydrogen-bond acceptors (Lipinski definition) is 5. The Morgan fingerprint density at radius 2 is 1.81 bits per heavy atom. The van der Waals surface area contributed by atoms with Crippen LogP contribution in [0.15, 0.2) is 67.1 Å². The lowest BCUT2D eigenvalue weighted by atomic mass is 10.1. The second-order valence-corrected chi connectivity index (χ2v) is 7.20. The highest BCUT2D eigenvalue weighted by molar-refractivity contribution is 6.35. The third-order valence-corrected chi connectivity index (χ3v) is 5.09. The lowest BCUT2D eigenvalue weighted by Gasteiger charge is -2.21. The number of primary amides is 1. The number of nitrogens with zero attached hydrogens (tertiary/aromatic N) is 4. The van der Waals surface area contributed by atoms with E-state index >= 15 is 0 Å². The van der Waals surface area contributed by atoms with E-state index in [1.165, 1.54) is 29.4 Å². The molecular weight excluding hydrogens is 439 g/mol. The minimum absolute atomic E-state index is 0.0738. The molecule has 0 saturated carbocycles. The minimum Gasteiger partial charge on any atom is -0.366 e. The monoisotopic (exact) mass is 452 g/mol. The maximum absolute atomic E-state index is 13.5. The summed E-state index contributed by atoms with van der Waals surface area (Å²) >= 11 is 12.7. The van der Waals surface area contributed by atoms with E-state index in [0.717, 1.165) is 0 Å². The molecule has 0 aliphatic heterocycles. The van der Waals surface area contributed by atoms with Crippen molar-refractivity contribution >= 4 is 46.7 Å². The molecule has 10 heteroatoms. The number of aromatic nitrogens is 4. The fourth-order valence-electron chi connectivity index (χ4n) is 2.98. The summed E-state index contributed by atoms with van der Waals surface area (Å²) in [6.45, 7) is 0. The first-order valence-electron chi connectivity index (χ1n) is 8.96. The van der Waals surface area contributed by atoms with Gasteiger partial charge in [-0.3, -0.25) is 14.6 Å². The molecule has 0 atom stereocenters. The second-order valence-electron chi connectivity index (χ2n) is 6.39. The molecular formula is C21H14Cl2N6O2. The summed E-state index contributed by atoms with van der Waals surface area (Å²) in [5.41, 5.74) is 7.36. The van der Waals surface area contributed by atoms with Crippen LogP contribution in [0, 0.1) is 0 Å². The van der Waals surface area contributed by atoms with E-state index in [2.05, 4.69) is 20.2 Å². The fraction of sp³-hybridized carbons (Fsp3) is 0. The summed E-state index contributed by atoms with van der Waals surface area (Å²) in [5.74, 6) is -0.966. The predicted octanol–water partition coefficient (Wildman–Crippen LogP) is 4.25. The second kappa shape index (κ2) is 8.55. The van der Waals surface area contributed by atoms with E-state index in [9.17, 15) is 9.59 Å². The van der Waals surface area contributed by atoms with Crippen LogP contribution in [-0.4, -0.2) is 32.0 Å². The molecule has 0 aliphatic rings. The summed E-state index contributed by atoms with van der Waals surface area (Å²) in [6, 6.07) is 14.7. The van der Waals surface area contributed by atoms with Crippen LogP contribution in [0.25, 0.3) is 11.3 Å². The van der Waals surface area contributed by atoms with Crippen molar-refractivity contribution in [1.82, 2.24) is 20.2 Å². The Balaban J connectivity index is 1.82. The summed E-state index contributed by atoms with van der Waals surface area (Å²) < 4.78 is 0. The van der Waals surface area contributed by atoms with Gasteiger partial charge in [0.15, 0.2) is 0 Å². The van der Waals surface area contributed by atoms with Crippen LogP contribution in [-0.2, 0) is 0 Å². The summed E-state index contributed by atoms with van der Waals surface area (Å²) in [4.78, 5) is 34.6. The molecule has 2 aromatic carbocycles. The SMILES string of the molecule is NC(=O)c1ccc(C(=O)N(c2ccc(Cl)c(-c3ccccn3)c2)c2ncn[nH]2)c(Cl)c1. The standard InChI is InChI=1S/C21H14Cl2N6O2/c22-16-7-5-13(10-15(16)18-3-1-2-8-25-18)29(21-26-11-27-28-21)20(31)14-6-4-12(19(24)30)9-17(14)23/h1-11H,(H2,24,30)(H,26,27,28). The highest BCUT2D eigenvalue weighted by Gasteiger charge is 2.25. The van der Waals surface area contributed by atoms with Gasteiger partial charge in [0.25, 0.3) is 5.91 Å². The molecule has 0 unspecified atom stereocenters. The van der Waals surface area contributed by atoms with Gasteiger partial charge in [-0.25, -0.2) is 10.00 Å². The predicted molar refractivity (Wildman–Crippen MR) is 118 cm³/mol. The average molecular weight is 453 g/mol. The van der Waals surface area contributed by atoms with Crippen molar-refractivity contribution in [1.29, 1.82) is 0 Å². The number of amides is 2. The molecule has 154 valence electrons. The van der Waals surface area contributed by atoms with Crippen LogP contribution in [0.2, 0.25) is 10.0 Å². The molecule has 2 heterocycles. The van der Waals surface area contributed by atoms with Crippen molar-refractivity contribution in [3.05, 3.63) is 88.3 Å². The summed E-state index contributed by atoms with van der Waals surface area (Å²) in [6.07, 6.45) is 2.93. The zero-order valence-corrected chi connectivity index (χ0v) is 17.3. The van der Waals surface area contributed by atoms with Crippen LogP contribution in [0.4, 0.5) is 11.6 Å². The Bertz CT molecular complexity index is 1260. The van der Waals surface area contributed by atoms with Crippen molar-refractivity contribution < 1.29 is 9.59 Å². The third kappa shape index (κ3) is 4.11. The van der Waals surface area contributed by atoms with E-state index in [1.54, 1.807) is 30.5 Å². The van der Waals surface area contributed by atoms with E-state index in [4.69, 9.17) is 28.9 Å². The number of carbonyl (C=O) groups is 2. The first kappa shape index (κ1) is 20.5. The smallest absolute Gasteiger partial charge is 0.266 e. The number of benzene rings is 2. The summed E-state index contributed by atoms with van der Waals surface area (Å²) in [7, 11) is 0. The fourth-order valence-corrected chi connectivity index (χ4v) is 3.45. The largest absolute Gasteiger partial charge is 0.366 e. The number of rotatable bonds is 5. The topological polar surface area (TPSA) is 118 Å². The van der Waals surface area contributed by atoms with Crippen LogP contribution in [0.1, 0.15) is 20.7 Å². The molecule has 3 N–H and O–H groups in total. The highest BCUT2D eigenvalue weighted by Crippen LogP contribution is 2.34. The number of anilines is 2. The third-order valence-electron chi connectivity index (χ3n) is 4.45. The molecule has 0 fully saturated rings. The van der Waals surface area contributed by atoms with Gasteiger partial charge in [-0.2, -0.15) is 10.1 Å². The van der Waals surface area contributed by atoms with Gasteiger partial charge in [0.2, 0.25) is 11.9 Å². The number of hydrogen-bond donors (Lipinski definition) is 2. The number of halogens is 2. The van der Waals surface area contributed by atoms with Gasteiger partial charge in [0.1, 0.15) is 6.33 Å². The normalized spacial score (nSPS) is 10.6. The van der Waals surface area contributed by atoms with Crippen LogP contribution in [0.5, 0.6) is 0 Å². The molecule has 4 aromatic rings. The van der Waals surface area contributed by atoms with Crippen LogP contribution >= 0.6 is 23.2 Å². The zero-order valence-electron chi connectivity index (χ0n) is 15.8. The van der Waals surface area contributed by atoms with Gasteiger partial charge in [-0.15, -0.1) is 0 Å². The van der Waals surface area contributed by atoms with Crippen molar-refractivity contribution in [3.8, 4) is 11.3 Å². The number of nitrogens with one attached hydrogen (secondary N) is 1. The molecule has 0 aliphatic carbocycles. The van der Waals surface area contributed by atoms with E-state index < -0.39 is 11.8 Å². The van der Waals surface area contributed by atoms with Crippen LogP contribution < -0.4 is 10.6 Å². The van der Waals surface area contributed by atoms with E-state index in [1.807, 2.05) is 12.1 Å². The number of nitrogens with two attached hydrogens (primary N) is 1. The number of carbonyl (C=O) groups excluding carboxylic acids is 2. The van der Waals surface area contributed by atoms with Crippen LogP contribution in [0.3, 0.4) is 0 Å². The van der Waals surface area contributed by atoms with Crippen molar-refractivity contribution in [2.45, 2.75) is 0 Å². The number of aromatic amines is 1. The first-order valence-corrected chi connectivity index (χ1v) is 9.71. The Morgan fingerprint density at radius 3 is 2.45 bits per heavy atom. The highest BCUT2D eigenvalue weighted by atomic mass is 35.5. The maximum Gasteiger partial charge on any atom is 0.266 e. The van der Waals surface area contributed by atoms with Crippen molar-refractivity contribution in [3.63, 3.8) is 0 Å². The molecule has 2 aromatic heterocycles. The maximum atomic E-state index is 13.5. The number of pyridine rings is 1. The van der Waals surface area contributed by atoms with Gasteiger partial charge in [0, 0.05) is 17.3 Å². The first-order chi connectivity index (χ1) is 15.0. The average Bonchev–Trinajstić information content (AvgIpc) is 3.29. The Labute approximate surface area is 186 Å². The zero-order chi connectivity index (χ0) is 22.0. The van der Waals surface area contributed by atoms with Crippen molar-refractivity contribution in [2.75, 3.05) is 4.90 Å². The molecule has 0 spiro atoms. The quantitative estimate of drug-likeness (QED) is 0.469. The Morgan fingerprint density at radius 1 is 0.968 bits per heavy atom. The lowest BCUT2D eigenvalue weighted by Crippen LogP contribution is -2.27.